The zero-order chi connectivity index (χ0) is 15.2. The lowest BCUT2D eigenvalue weighted by Gasteiger charge is -2.17. The molecule has 0 aliphatic rings. The second kappa shape index (κ2) is 7.02. The van der Waals surface area contributed by atoms with Crippen LogP contribution in [0.4, 0.5) is 0 Å². The van der Waals surface area contributed by atoms with Crippen LogP contribution in [0.5, 0.6) is 0 Å². The monoisotopic (exact) mass is 300 g/mol. The highest BCUT2D eigenvalue weighted by Crippen LogP contribution is 2.20. The Kier molecular flexibility index (Phi) is 5.09. The predicted molar refractivity (Wildman–Crippen MR) is 81.8 cm³/mol. The van der Waals surface area contributed by atoms with Gasteiger partial charge in [-0.25, -0.2) is 4.79 Å². The fraction of sp³-hybridized carbons (Fsp3) is 0.250. The molecule has 0 aliphatic heterocycles. The van der Waals surface area contributed by atoms with E-state index < -0.39 is 6.04 Å². The van der Waals surface area contributed by atoms with Crippen LogP contribution < -0.4 is 5.32 Å². The Morgan fingerprint density at radius 1 is 1.48 bits per heavy atom. The summed E-state index contributed by atoms with van der Waals surface area (Å²) in [7, 11) is 1.36. The maximum Gasteiger partial charge on any atom is 0.327 e. The first-order valence-electron chi connectivity index (χ1n) is 6.50. The van der Waals surface area contributed by atoms with Crippen molar-refractivity contribution in [2.75, 3.05) is 7.11 Å². The number of carbonyl (C=O) groups excluding carboxylic acids is 1. The molecule has 1 atom stereocenters. The summed E-state index contributed by atoms with van der Waals surface area (Å²) in [6.07, 6.45) is 0. The van der Waals surface area contributed by atoms with Gasteiger partial charge in [-0.2, -0.15) is 5.26 Å². The molecule has 1 heterocycles. The van der Waals surface area contributed by atoms with E-state index in [-0.39, 0.29) is 5.97 Å². The van der Waals surface area contributed by atoms with E-state index in [4.69, 9.17) is 10.00 Å². The Morgan fingerprint density at radius 2 is 2.29 bits per heavy atom. The van der Waals surface area contributed by atoms with Crippen molar-refractivity contribution >= 4 is 17.3 Å². The van der Waals surface area contributed by atoms with Crippen molar-refractivity contribution in [3.63, 3.8) is 0 Å². The molecule has 0 radical (unpaired) electrons. The van der Waals surface area contributed by atoms with Gasteiger partial charge in [0.05, 0.1) is 18.7 Å². The quantitative estimate of drug-likeness (QED) is 0.862. The number of hydrogen-bond donors (Lipinski definition) is 1. The molecule has 1 aromatic carbocycles. The van der Waals surface area contributed by atoms with Crippen LogP contribution in [-0.2, 0) is 16.1 Å². The lowest BCUT2D eigenvalue weighted by Crippen LogP contribution is -2.29. The number of thiophene rings is 1. The van der Waals surface area contributed by atoms with Gasteiger partial charge in [0.1, 0.15) is 6.04 Å². The molecule has 1 N–H and O–H groups in total. The number of nitriles is 1. The third kappa shape index (κ3) is 3.69. The number of rotatable bonds is 5. The molecule has 0 spiro atoms. The van der Waals surface area contributed by atoms with Gasteiger partial charge in [0.2, 0.25) is 0 Å². The Hall–Kier alpha value is -2.16. The Bertz CT molecular complexity index is 673. The van der Waals surface area contributed by atoms with Crippen LogP contribution in [0.2, 0.25) is 0 Å². The Balaban J connectivity index is 2.20. The summed E-state index contributed by atoms with van der Waals surface area (Å²) >= 11 is 1.65. The standard InChI is InChI=1S/C16H16N2O2S/c1-11-6-7-21-14(11)10-18-15(16(19)20-2)13-5-3-4-12(8-13)9-17/h3-8,15,18H,10H2,1-2H3. The molecule has 21 heavy (non-hydrogen) atoms. The van der Waals surface area contributed by atoms with Crippen LogP contribution in [0.15, 0.2) is 35.7 Å². The van der Waals surface area contributed by atoms with Gasteiger partial charge in [-0.15, -0.1) is 11.3 Å². The zero-order valence-corrected chi connectivity index (χ0v) is 12.7. The van der Waals surface area contributed by atoms with Crippen molar-refractivity contribution in [2.45, 2.75) is 19.5 Å². The summed E-state index contributed by atoms with van der Waals surface area (Å²) < 4.78 is 4.86. The largest absolute Gasteiger partial charge is 0.468 e. The average Bonchev–Trinajstić information content (AvgIpc) is 2.92. The molecule has 5 heteroatoms. The van der Waals surface area contributed by atoms with Gasteiger partial charge in [-0.3, -0.25) is 5.32 Å². The first kappa shape index (κ1) is 15.2. The highest BCUT2D eigenvalue weighted by molar-refractivity contribution is 7.10. The minimum absolute atomic E-state index is 0.362. The predicted octanol–water partition coefficient (Wildman–Crippen LogP) is 2.93. The van der Waals surface area contributed by atoms with Crippen LogP contribution in [0.25, 0.3) is 0 Å². The van der Waals surface area contributed by atoms with Crippen molar-refractivity contribution in [3.8, 4) is 6.07 Å². The van der Waals surface area contributed by atoms with Gasteiger partial charge in [0.15, 0.2) is 0 Å². The first-order chi connectivity index (χ1) is 10.2. The minimum Gasteiger partial charge on any atom is -0.468 e. The number of nitrogens with zero attached hydrogens (tertiary/aromatic N) is 1. The van der Waals surface area contributed by atoms with Crippen LogP contribution in [-0.4, -0.2) is 13.1 Å². The van der Waals surface area contributed by atoms with E-state index in [1.165, 1.54) is 17.6 Å². The maximum absolute atomic E-state index is 12.0. The number of nitrogens with one attached hydrogen (secondary N) is 1. The maximum atomic E-state index is 12.0. The second-order valence-corrected chi connectivity index (χ2v) is 5.60. The fourth-order valence-electron chi connectivity index (χ4n) is 2.02. The van der Waals surface area contributed by atoms with Crippen molar-refractivity contribution < 1.29 is 9.53 Å². The van der Waals surface area contributed by atoms with Crippen molar-refractivity contribution in [2.24, 2.45) is 0 Å². The number of esters is 1. The molecule has 1 unspecified atom stereocenters. The summed E-state index contributed by atoms with van der Waals surface area (Å²) in [5.41, 5.74) is 2.45. The molecule has 2 rings (SSSR count). The van der Waals surface area contributed by atoms with E-state index in [1.807, 2.05) is 24.4 Å². The zero-order valence-electron chi connectivity index (χ0n) is 11.9. The highest BCUT2D eigenvalue weighted by atomic mass is 32.1. The molecular weight excluding hydrogens is 284 g/mol. The number of ether oxygens (including phenoxy) is 1. The van der Waals surface area contributed by atoms with Crippen molar-refractivity contribution in [3.05, 3.63) is 57.3 Å². The summed E-state index contributed by atoms with van der Waals surface area (Å²) in [6, 6.07) is 10.5. The van der Waals surface area contributed by atoms with E-state index in [2.05, 4.69) is 11.4 Å². The van der Waals surface area contributed by atoms with E-state index in [1.54, 1.807) is 29.5 Å². The van der Waals surface area contributed by atoms with Gasteiger partial charge in [-0.1, -0.05) is 12.1 Å². The molecule has 4 nitrogen and oxygen atoms in total. The molecule has 0 bridgehead atoms. The minimum atomic E-state index is -0.579. The smallest absolute Gasteiger partial charge is 0.327 e. The molecule has 0 saturated heterocycles. The molecule has 0 aliphatic carbocycles. The molecule has 0 amide bonds. The number of benzene rings is 1. The third-order valence-corrected chi connectivity index (χ3v) is 4.24. The number of aryl methyl sites for hydroxylation is 1. The summed E-state index contributed by atoms with van der Waals surface area (Å²) in [5.74, 6) is -0.362. The number of hydrogen-bond acceptors (Lipinski definition) is 5. The van der Waals surface area contributed by atoms with Gasteiger partial charge in [-0.05, 0) is 41.6 Å². The van der Waals surface area contributed by atoms with Crippen LogP contribution >= 0.6 is 11.3 Å². The normalized spacial score (nSPS) is 11.7. The molecule has 0 fully saturated rings. The third-order valence-electron chi connectivity index (χ3n) is 3.22. The van der Waals surface area contributed by atoms with Gasteiger partial charge < -0.3 is 4.74 Å². The summed E-state index contributed by atoms with van der Waals surface area (Å²) in [4.78, 5) is 13.2. The summed E-state index contributed by atoms with van der Waals surface area (Å²) in [5, 5.41) is 14.2. The van der Waals surface area contributed by atoms with Crippen LogP contribution in [0, 0.1) is 18.3 Å². The molecule has 2 aromatic rings. The number of carbonyl (C=O) groups is 1. The lowest BCUT2D eigenvalue weighted by atomic mass is 10.0. The topological polar surface area (TPSA) is 62.1 Å². The van der Waals surface area contributed by atoms with E-state index in [9.17, 15) is 4.79 Å². The Labute approximate surface area is 128 Å². The van der Waals surface area contributed by atoms with E-state index >= 15 is 0 Å². The average molecular weight is 300 g/mol. The van der Waals surface area contributed by atoms with E-state index in [0.717, 1.165) is 5.56 Å². The van der Waals surface area contributed by atoms with Gasteiger partial charge >= 0.3 is 5.97 Å². The van der Waals surface area contributed by atoms with Gasteiger partial charge in [0, 0.05) is 11.4 Å². The second-order valence-electron chi connectivity index (χ2n) is 4.60. The highest BCUT2D eigenvalue weighted by Gasteiger charge is 2.21. The molecular formula is C16H16N2O2S. The SMILES string of the molecule is COC(=O)C(NCc1sccc1C)c1cccc(C#N)c1. The molecule has 0 saturated carbocycles. The van der Waals surface area contributed by atoms with Crippen LogP contribution in [0.3, 0.4) is 0 Å². The molecule has 1 aromatic heterocycles. The van der Waals surface area contributed by atoms with Crippen molar-refractivity contribution in [1.29, 1.82) is 5.26 Å². The molecule has 108 valence electrons. The van der Waals surface area contributed by atoms with Crippen molar-refractivity contribution in [1.82, 2.24) is 5.32 Å². The Morgan fingerprint density at radius 3 is 2.90 bits per heavy atom. The number of methoxy groups -OCH3 is 1. The van der Waals surface area contributed by atoms with Crippen LogP contribution in [0.1, 0.15) is 27.6 Å². The van der Waals surface area contributed by atoms with E-state index in [0.29, 0.717) is 12.1 Å². The summed E-state index contributed by atoms with van der Waals surface area (Å²) in [6.45, 7) is 2.62. The first-order valence-corrected chi connectivity index (χ1v) is 7.38. The lowest BCUT2D eigenvalue weighted by molar-refractivity contribution is -0.143. The fourth-order valence-corrected chi connectivity index (χ4v) is 2.88. The van der Waals surface area contributed by atoms with Gasteiger partial charge in [0.25, 0.3) is 0 Å².